The molecule has 4 nitrogen and oxygen atoms in total. The highest BCUT2D eigenvalue weighted by atomic mass is 16.1. The molecule has 3 aromatic rings. The van der Waals surface area contributed by atoms with Gasteiger partial charge >= 0.3 is 0 Å². The van der Waals surface area contributed by atoms with Crippen molar-refractivity contribution in [1.29, 1.82) is 0 Å². The number of hydrogen-bond acceptors (Lipinski definition) is 3. The Morgan fingerprint density at radius 1 is 1.04 bits per heavy atom. The number of H-pyrrole nitrogens is 1. The molecule has 0 fully saturated rings. The smallest absolute Gasteiger partial charge is 0.255 e. The lowest BCUT2D eigenvalue weighted by atomic mass is 9.99. The fourth-order valence-corrected chi connectivity index (χ4v) is 3.04. The number of aromatic amines is 1. The summed E-state index contributed by atoms with van der Waals surface area (Å²) in [7, 11) is 0. The number of hydrogen-bond donors (Lipinski definition) is 1. The molecule has 0 radical (unpaired) electrons. The molecule has 124 valence electrons. The molecular formula is C20H23N3O. The van der Waals surface area contributed by atoms with Gasteiger partial charge in [0.15, 0.2) is 0 Å². The van der Waals surface area contributed by atoms with Crippen LogP contribution in [0.15, 0.2) is 47.3 Å². The van der Waals surface area contributed by atoms with E-state index in [-0.39, 0.29) is 5.56 Å². The molecule has 0 aliphatic carbocycles. The molecule has 0 amide bonds. The molecule has 0 spiro atoms. The number of aromatic nitrogens is 2. The van der Waals surface area contributed by atoms with Crippen LogP contribution in [0.1, 0.15) is 30.7 Å². The monoisotopic (exact) mass is 321 g/mol. The van der Waals surface area contributed by atoms with Crippen LogP contribution < -0.4 is 10.5 Å². The standard InChI is InChI=1S/C20H23N3O/c1-4-23(5-2)20-21-18(14(3)19(24)22-20)13-16-11-8-10-15-9-6-7-12-17(15)16/h6-12H,4-5,13H2,1-3H3,(H,21,22,24). The van der Waals surface area contributed by atoms with Crippen LogP contribution in [0.3, 0.4) is 0 Å². The first-order valence-electron chi connectivity index (χ1n) is 8.45. The van der Waals surface area contributed by atoms with E-state index in [4.69, 9.17) is 4.98 Å². The van der Waals surface area contributed by atoms with Gasteiger partial charge in [0.2, 0.25) is 5.95 Å². The topological polar surface area (TPSA) is 49.0 Å². The van der Waals surface area contributed by atoms with E-state index < -0.39 is 0 Å². The Labute approximate surface area is 142 Å². The van der Waals surface area contributed by atoms with Crippen LogP contribution >= 0.6 is 0 Å². The molecule has 0 unspecified atom stereocenters. The van der Waals surface area contributed by atoms with Crippen LogP contribution in [0.25, 0.3) is 10.8 Å². The van der Waals surface area contributed by atoms with Crippen LogP contribution in [-0.2, 0) is 6.42 Å². The minimum atomic E-state index is -0.0536. The fourth-order valence-electron chi connectivity index (χ4n) is 3.04. The van der Waals surface area contributed by atoms with Crippen LogP contribution in [0, 0.1) is 6.92 Å². The summed E-state index contributed by atoms with van der Waals surface area (Å²) in [6.07, 6.45) is 0.658. The van der Waals surface area contributed by atoms with Crippen LogP contribution in [0.5, 0.6) is 0 Å². The number of nitrogens with one attached hydrogen (secondary N) is 1. The van der Waals surface area contributed by atoms with E-state index in [1.54, 1.807) is 0 Å². The van der Waals surface area contributed by atoms with Gasteiger partial charge in [-0.2, -0.15) is 0 Å². The van der Waals surface area contributed by atoms with E-state index in [0.717, 1.165) is 18.8 Å². The van der Waals surface area contributed by atoms with Gasteiger partial charge in [-0.15, -0.1) is 0 Å². The molecular weight excluding hydrogens is 298 g/mol. The molecule has 1 aromatic heterocycles. The maximum absolute atomic E-state index is 12.3. The Kier molecular flexibility index (Phi) is 4.65. The first kappa shape index (κ1) is 16.2. The third-order valence-corrected chi connectivity index (χ3v) is 4.54. The summed E-state index contributed by atoms with van der Waals surface area (Å²) >= 11 is 0. The van der Waals surface area contributed by atoms with Gasteiger partial charge in [0.25, 0.3) is 5.56 Å². The van der Waals surface area contributed by atoms with Gasteiger partial charge in [-0.3, -0.25) is 9.78 Å². The summed E-state index contributed by atoms with van der Waals surface area (Å²) in [5.74, 6) is 0.658. The average molecular weight is 321 g/mol. The lowest BCUT2D eigenvalue weighted by Crippen LogP contribution is -2.28. The number of nitrogens with zero attached hydrogens (tertiary/aromatic N) is 2. The molecule has 0 bridgehead atoms. The van der Waals surface area contributed by atoms with Gasteiger partial charge in [-0.1, -0.05) is 42.5 Å². The number of benzene rings is 2. The highest BCUT2D eigenvalue weighted by molar-refractivity contribution is 5.85. The molecule has 1 heterocycles. The summed E-state index contributed by atoms with van der Waals surface area (Å²) in [4.78, 5) is 22.0. The van der Waals surface area contributed by atoms with E-state index in [0.29, 0.717) is 17.9 Å². The Balaban J connectivity index is 2.07. The second kappa shape index (κ2) is 6.87. The SMILES string of the molecule is CCN(CC)c1nc(Cc2cccc3ccccc23)c(C)c(=O)[nH]1. The van der Waals surface area contributed by atoms with E-state index in [1.165, 1.54) is 16.3 Å². The Morgan fingerprint density at radius 3 is 2.50 bits per heavy atom. The molecule has 0 aliphatic heterocycles. The first-order valence-corrected chi connectivity index (χ1v) is 8.45. The van der Waals surface area contributed by atoms with Crippen molar-refractivity contribution in [2.24, 2.45) is 0 Å². The van der Waals surface area contributed by atoms with Crippen molar-refractivity contribution in [3.05, 3.63) is 69.6 Å². The maximum atomic E-state index is 12.3. The van der Waals surface area contributed by atoms with Gasteiger partial charge in [0.1, 0.15) is 0 Å². The van der Waals surface area contributed by atoms with Crippen LogP contribution in [0.4, 0.5) is 5.95 Å². The molecule has 24 heavy (non-hydrogen) atoms. The highest BCUT2D eigenvalue weighted by Crippen LogP contribution is 2.21. The zero-order chi connectivity index (χ0) is 17.1. The summed E-state index contributed by atoms with van der Waals surface area (Å²) in [6.45, 7) is 7.60. The molecule has 0 atom stereocenters. The Bertz CT molecular complexity index is 905. The zero-order valence-electron chi connectivity index (χ0n) is 14.5. The second-order valence-corrected chi connectivity index (χ2v) is 5.95. The molecule has 2 aromatic carbocycles. The van der Waals surface area contributed by atoms with Crippen LogP contribution in [-0.4, -0.2) is 23.1 Å². The normalized spacial score (nSPS) is 11.0. The molecule has 0 aliphatic rings. The van der Waals surface area contributed by atoms with E-state index >= 15 is 0 Å². The minimum absolute atomic E-state index is 0.0536. The van der Waals surface area contributed by atoms with Crippen molar-refractivity contribution in [3.63, 3.8) is 0 Å². The number of rotatable bonds is 5. The van der Waals surface area contributed by atoms with Gasteiger partial charge in [-0.25, -0.2) is 4.98 Å². The van der Waals surface area contributed by atoms with Gasteiger partial charge in [-0.05, 0) is 37.1 Å². The number of fused-ring (bicyclic) bond motifs is 1. The van der Waals surface area contributed by atoms with E-state index in [9.17, 15) is 4.79 Å². The van der Waals surface area contributed by atoms with Crippen molar-refractivity contribution >= 4 is 16.7 Å². The third kappa shape index (κ3) is 3.04. The van der Waals surface area contributed by atoms with Gasteiger partial charge < -0.3 is 4.90 Å². The van der Waals surface area contributed by atoms with Crippen molar-refractivity contribution in [3.8, 4) is 0 Å². The zero-order valence-corrected chi connectivity index (χ0v) is 14.5. The molecule has 0 saturated heterocycles. The summed E-state index contributed by atoms with van der Waals surface area (Å²) < 4.78 is 0. The molecule has 0 saturated carbocycles. The quantitative estimate of drug-likeness (QED) is 0.780. The maximum Gasteiger partial charge on any atom is 0.255 e. The number of anilines is 1. The Hall–Kier alpha value is -2.62. The van der Waals surface area contributed by atoms with E-state index in [2.05, 4.69) is 54.1 Å². The predicted octanol–water partition coefficient (Wildman–Crippen LogP) is 3.67. The van der Waals surface area contributed by atoms with E-state index in [1.807, 2.05) is 19.1 Å². The molecule has 1 N–H and O–H groups in total. The second-order valence-electron chi connectivity index (χ2n) is 5.95. The summed E-state index contributed by atoms with van der Waals surface area (Å²) in [5, 5.41) is 2.42. The Morgan fingerprint density at radius 2 is 1.75 bits per heavy atom. The summed E-state index contributed by atoms with van der Waals surface area (Å²) in [5.41, 5.74) is 2.68. The fraction of sp³-hybridized carbons (Fsp3) is 0.300. The lowest BCUT2D eigenvalue weighted by Gasteiger charge is -2.20. The summed E-state index contributed by atoms with van der Waals surface area (Å²) in [6, 6.07) is 14.6. The van der Waals surface area contributed by atoms with Crippen molar-refractivity contribution in [2.75, 3.05) is 18.0 Å². The van der Waals surface area contributed by atoms with Gasteiger partial charge in [0.05, 0.1) is 5.69 Å². The highest BCUT2D eigenvalue weighted by Gasteiger charge is 2.12. The van der Waals surface area contributed by atoms with Crippen molar-refractivity contribution < 1.29 is 0 Å². The molecule has 3 rings (SSSR count). The van der Waals surface area contributed by atoms with Crippen molar-refractivity contribution in [2.45, 2.75) is 27.2 Å². The van der Waals surface area contributed by atoms with Gasteiger partial charge in [0, 0.05) is 25.1 Å². The minimum Gasteiger partial charge on any atom is -0.343 e. The molecule has 4 heteroatoms. The van der Waals surface area contributed by atoms with Crippen molar-refractivity contribution in [1.82, 2.24) is 9.97 Å². The van der Waals surface area contributed by atoms with Crippen LogP contribution in [0.2, 0.25) is 0 Å². The first-order chi connectivity index (χ1) is 11.6. The largest absolute Gasteiger partial charge is 0.343 e. The predicted molar refractivity (Wildman–Crippen MR) is 99.9 cm³/mol. The average Bonchev–Trinajstić information content (AvgIpc) is 2.60. The lowest BCUT2D eigenvalue weighted by molar-refractivity contribution is 0.802. The third-order valence-electron chi connectivity index (χ3n) is 4.54.